The minimum atomic E-state index is -2.48. The van der Waals surface area contributed by atoms with Crippen molar-refractivity contribution in [1.29, 1.82) is 0 Å². The number of unbranched alkanes of at least 4 members (excludes halogenated alkanes) is 7. The van der Waals surface area contributed by atoms with E-state index >= 15 is 0 Å². The average Bonchev–Trinajstić information content (AvgIpc) is 2.52. The fraction of sp³-hybridized carbons (Fsp3) is 0.944. The Bertz CT molecular complexity index is 291. The molecule has 0 amide bonds. The van der Waals surface area contributed by atoms with Gasteiger partial charge in [0.05, 0.1) is 12.1 Å². The van der Waals surface area contributed by atoms with E-state index in [2.05, 4.69) is 6.92 Å². The summed E-state index contributed by atoms with van der Waals surface area (Å²) in [5.74, 6) is -0.177. The molecule has 0 aliphatic carbocycles. The van der Waals surface area contributed by atoms with Gasteiger partial charge in [-0.1, -0.05) is 51.9 Å². The van der Waals surface area contributed by atoms with E-state index in [9.17, 15) is 4.79 Å². The zero-order valence-electron chi connectivity index (χ0n) is 16.0. The molecule has 0 rings (SSSR count). The first-order valence-electron chi connectivity index (χ1n) is 9.46. The third-order valence-corrected chi connectivity index (χ3v) is 7.78. The van der Waals surface area contributed by atoms with Crippen LogP contribution in [0.25, 0.3) is 0 Å². The number of esters is 1. The lowest BCUT2D eigenvalue weighted by Gasteiger charge is -2.30. The molecule has 0 aliphatic heterocycles. The van der Waals surface area contributed by atoms with Gasteiger partial charge in [-0.3, -0.25) is 4.79 Å². The van der Waals surface area contributed by atoms with Gasteiger partial charge in [0.15, 0.2) is 0 Å². The molecule has 0 heterocycles. The van der Waals surface area contributed by atoms with Gasteiger partial charge >= 0.3 is 14.5 Å². The monoisotopic (exact) mass is 346 g/mol. The number of ether oxygens (including phenoxy) is 1. The molecule has 0 radical (unpaired) electrons. The zero-order chi connectivity index (χ0) is 17.6. The van der Waals surface area contributed by atoms with Crippen LogP contribution in [0.4, 0.5) is 0 Å². The fourth-order valence-corrected chi connectivity index (χ4v) is 4.85. The predicted octanol–water partition coefficient (Wildman–Crippen LogP) is 5.21. The minimum Gasteiger partial charge on any atom is -0.466 e. The van der Waals surface area contributed by atoms with Gasteiger partial charge in [-0.05, 0) is 33.7 Å². The molecule has 0 spiro atoms. The number of rotatable bonds is 15. The summed E-state index contributed by atoms with van der Waals surface area (Å²) in [6.45, 7) is 11.6. The SMILES string of the molecule is CCCCCCCCCCOC(=O)C(C)[Si](C)(OCC)OCC. The Morgan fingerprint density at radius 2 is 1.35 bits per heavy atom. The van der Waals surface area contributed by atoms with Gasteiger partial charge in [-0.25, -0.2) is 0 Å². The highest BCUT2D eigenvalue weighted by Gasteiger charge is 2.43. The summed E-state index contributed by atoms with van der Waals surface area (Å²) in [7, 11) is -2.48. The van der Waals surface area contributed by atoms with E-state index in [0.717, 1.165) is 12.8 Å². The van der Waals surface area contributed by atoms with Crippen LogP contribution in [0.15, 0.2) is 0 Å². The van der Waals surface area contributed by atoms with Crippen molar-refractivity contribution in [1.82, 2.24) is 0 Å². The maximum absolute atomic E-state index is 12.2. The summed E-state index contributed by atoms with van der Waals surface area (Å²) in [4.78, 5) is 12.2. The van der Waals surface area contributed by atoms with Gasteiger partial charge < -0.3 is 13.6 Å². The van der Waals surface area contributed by atoms with Crippen molar-refractivity contribution < 1.29 is 18.4 Å². The quantitative estimate of drug-likeness (QED) is 0.232. The van der Waals surface area contributed by atoms with Crippen LogP contribution in [-0.4, -0.2) is 34.4 Å². The van der Waals surface area contributed by atoms with Gasteiger partial charge in [-0.2, -0.15) is 0 Å². The van der Waals surface area contributed by atoms with Crippen LogP contribution in [0.1, 0.15) is 79.1 Å². The van der Waals surface area contributed by atoms with Crippen LogP contribution in [0.2, 0.25) is 12.1 Å². The van der Waals surface area contributed by atoms with E-state index in [-0.39, 0.29) is 11.5 Å². The van der Waals surface area contributed by atoms with Crippen LogP contribution in [0.5, 0.6) is 0 Å². The number of carbonyl (C=O) groups is 1. The smallest absolute Gasteiger partial charge is 0.349 e. The molecule has 0 fully saturated rings. The standard InChI is InChI=1S/C18H38O4Si/c1-6-9-10-11-12-13-14-15-16-20-18(19)17(4)23(5,21-7-2)22-8-3/h17H,6-16H2,1-5H3. The molecule has 0 aromatic rings. The topological polar surface area (TPSA) is 44.8 Å². The summed E-state index contributed by atoms with van der Waals surface area (Å²) < 4.78 is 16.9. The molecule has 4 nitrogen and oxygen atoms in total. The van der Waals surface area contributed by atoms with Crippen LogP contribution in [0.3, 0.4) is 0 Å². The second kappa shape index (κ2) is 14.0. The normalized spacial score (nSPS) is 13.1. The molecule has 23 heavy (non-hydrogen) atoms. The summed E-state index contributed by atoms with van der Waals surface area (Å²) in [5, 5.41) is 0. The van der Waals surface area contributed by atoms with Crippen molar-refractivity contribution in [2.45, 2.75) is 91.1 Å². The Kier molecular flexibility index (Phi) is 13.8. The molecular formula is C18H38O4Si. The van der Waals surface area contributed by atoms with Crippen molar-refractivity contribution in [2.75, 3.05) is 19.8 Å². The van der Waals surface area contributed by atoms with E-state index in [1.165, 1.54) is 38.5 Å². The molecule has 0 aliphatic rings. The Balaban J connectivity index is 3.87. The average molecular weight is 347 g/mol. The lowest BCUT2D eigenvalue weighted by atomic mass is 10.1. The molecule has 0 aromatic heterocycles. The molecule has 0 aromatic carbocycles. The van der Waals surface area contributed by atoms with Gasteiger partial charge in [0.25, 0.3) is 0 Å². The molecule has 0 bridgehead atoms. The largest absolute Gasteiger partial charge is 0.466 e. The van der Waals surface area contributed by atoms with Gasteiger partial charge in [-0.15, -0.1) is 0 Å². The van der Waals surface area contributed by atoms with Gasteiger partial charge in [0.2, 0.25) is 0 Å². The summed E-state index contributed by atoms with van der Waals surface area (Å²) in [6.07, 6.45) is 9.94. The van der Waals surface area contributed by atoms with Crippen LogP contribution < -0.4 is 0 Å². The molecule has 1 unspecified atom stereocenters. The van der Waals surface area contributed by atoms with E-state index in [1.54, 1.807) is 0 Å². The Morgan fingerprint density at radius 3 is 1.83 bits per heavy atom. The predicted molar refractivity (Wildman–Crippen MR) is 97.9 cm³/mol. The second-order valence-electron chi connectivity index (χ2n) is 6.25. The summed E-state index contributed by atoms with van der Waals surface area (Å²) in [6, 6.07) is 0. The Hall–Kier alpha value is -0.393. The zero-order valence-corrected chi connectivity index (χ0v) is 17.0. The van der Waals surface area contributed by atoms with E-state index in [4.69, 9.17) is 13.6 Å². The lowest BCUT2D eigenvalue weighted by Crippen LogP contribution is -2.46. The Labute approximate surface area is 144 Å². The van der Waals surface area contributed by atoms with Crippen molar-refractivity contribution in [3.63, 3.8) is 0 Å². The summed E-state index contributed by atoms with van der Waals surface area (Å²) >= 11 is 0. The van der Waals surface area contributed by atoms with Crippen molar-refractivity contribution >= 4 is 14.5 Å². The maximum Gasteiger partial charge on any atom is 0.349 e. The second-order valence-corrected chi connectivity index (χ2v) is 9.72. The lowest BCUT2D eigenvalue weighted by molar-refractivity contribution is -0.144. The highest BCUT2D eigenvalue weighted by atomic mass is 28.4. The highest BCUT2D eigenvalue weighted by molar-refractivity contribution is 6.70. The molecule has 1 atom stereocenters. The van der Waals surface area contributed by atoms with Gasteiger partial charge in [0.1, 0.15) is 0 Å². The van der Waals surface area contributed by atoms with E-state index in [0.29, 0.717) is 19.8 Å². The highest BCUT2D eigenvalue weighted by Crippen LogP contribution is 2.25. The maximum atomic E-state index is 12.2. The van der Waals surface area contributed by atoms with Crippen LogP contribution >= 0.6 is 0 Å². The van der Waals surface area contributed by atoms with Crippen LogP contribution in [-0.2, 0) is 18.4 Å². The molecule has 138 valence electrons. The first kappa shape index (κ1) is 22.6. The van der Waals surface area contributed by atoms with Crippen molar-refractivity contribution in [3.8, 4) is 0 Å². The molecule has 0 saturated heterocycles. The number of carbonyl (C=O) groups excluding carboxylic acids is 1. The van der Waals surface area contributed by atoms with Crippen molar-refractivity contribution in [3.05, 3.63) is 0 Å². The first-order valence-corrected chi connectivity index (χ1v) is 11.9. The fourth-order valence-electron chi connectivity index (χ4n) is 2.61. The summed E-state index contributed by atoms with van der Waals surface area (Å²) in [5.41, 5.74) is -0.295. The minimum absolute atomic E-state index is 0.177. The third-order valence-electron chi connectivity index (χ3n) is 4.24. The number of hydrogen-bond donors (Lipinski definition) is 0. The molecule has 0 saturated carbocycles. The number of hydrogen-bond acceptors (Lipinski definition) is 4. The molecule has 5 heteroatoms. The third kappa shape index (κ3) is 10.2. The van der Waals surface area contributed by atoms with Crippen LogP contribution in [0, 0.1) is 0 Å². The molecule has 0 N–H and O–H groups in total. The van der Waals surface area contributed by atoms with Gasteiger partial charge in [0, 0.05) is 13.2 Å². The first-order chi connectivity index (χ1) is 11.0. The Morgan fingerprint density at radius 1 is 0.870 bits per heavy atom. The molecular weight excluding hydrogens is 308 g/mol. The van der Waals surface area contributed by atoms with E-state index < -0.39 is 8.56 Å². The van der Waals surface area contributed by atoms with E-state index in [1.807, 2.05) is 27.3 Å². The van der Waals surface area contributed by atoms with Crippen molar-refractivity contribution in [2.24, 2.45) is 0 Å².